The Hall–Kier alpha value is -2.74. The number of rotatable bonds is 6. The van der Waals surface area contributed by atoms with Crippen LogP contribution in [0.2, 0.25) is 5.02 Å². The highest BCUT2D eigenvalue weighted by Gasteiger charge is 2.21. The van der Waals surface area contributed by atoms with Gasteiger partial charge in [0.2, 0.25) is 17.7 Å². The van der Waals surface area contributed by atoms with E-state index in [4.69, 9.17) is 16.0 Å². The molecule has 8 heteroatoms. The van der Waals surface area contributed by atoms with Crippen molar-refractivity contribution in [1.29, 1.82) is 0 Å². The number of hydrogen-bond donors (Lipinski definition) is 1. The molecule has 0 unspecified atom stereocenters. The van der Waals surface area contributed by atoms with Crippen molar-refractivity contribution in [3.8, 4) is 11.5 Å². The predicted octanol–water partition coefficient (Wildman–Crippen LogP) is 3.45. The predicted molar refractivity (Wildman–Crippen MR) is 116 cm³/mol. The molecule has 1 amide bonds. The minimum atomic E-state index is 0.0109. The highest BCUT2D eigenvalue weighted by atomic mass is 35.5. The van der Waals surface area contributed by atoms with Gasteiger partial charge < -0.3 is 9.73 Å². The molecule has 2 aromatic carbocycles. The number of nitrogens with zero attached hydrogens (tertiary/aromatic N) is 4. The zero-order chi connectivity index (χ0) is 20.9. The van der Waals surface area contributed by atoms with Crippen molar-refractivity contribution < 1.29 is 9.21 Å². The van der Waals surface area contributed by atoms with Crippen LogP contribution in [0.15, 0.2) is 52.9 Å². The summed E-state index contributed by atoms with van der Waals surface area (Å²) in [6.07, 6.45) is 0. The lowest BCUT2D eigenvalue weighted by molar-refractivity contribution is -0.117. The fourth-order valence-corrected chi connectivity index (χ4v) is 3.49. The van der Waals surface area contributed by atoms with Gasteiger partial charge in [0.05, 0.1) is 13.1 Å². The van der Waals surface area contributed by atoms with E-state index in [2.05, 4.69) is 25.3 Å². The molecule has 7 nitrogen and oxygen atoms in total. The molecule has 0 spiro atoms. The Labute approximate surface area is 180 Å². The summed E-state index contributed by atoms with van der Waals surface area (Å²) in [7, 11) is 0. The van der Waals surface area contributed by atoms with E-state index in [0.717, 1.165) is 37.4 Å². The largest absolute Gasteiger partial charge is 0.419 e. The molecular formula is C22H24ClN5O2. The van der Waals surface area contributed by atoms with E-state index in [9.17, 15) is 4.79 Å². The van der Waals surface area contributed by atoms with E-state index in [1.807, 2.05) is 43.3 Å². The van der Waals surface area contributed by atoms with Gasteiger partial charge in [-0.3, -0.25) is 14.6 Å². The first kappa shape index (κ1) is 20.5. The Balaban J connectivity index is 1.23. The number of halogens is 1. The van der Waals surface area contributed by atoms with Gasteiger partial charge in [0.15, 0.2) is 0 Å². The second kappa shape index (κ2) is 9.38. The van der Waals surface area contributed by atoms with Crippen molar-refractivity contribution >= 4 is 23.2 Å². The molecule has 1 saturated heterocycles. The number of amides is 1. The third kappa shape index (κ3) is 5.44. The van der Waals surface area contributed by atoms with Gasteiger partial charge in [-0.1, -0.05) is 29.3 Å². The SMILES string of the molecule is Cc1ccc(NC(=O)CN2CCN(Cc3nnc(-c4ccc(Cl)cc4)o3)CC2)cc1. The van der Waals surface area contributed by atoms with Crippen LogP contribution in [0.1, 0.15) is 11.5 Å². The second-order valence-electron chi connectivity index (χ2n) is 7.47. The lowest BCUT2D eigenvalue weighted by Crippen LogP contribution is -2.48. The monoisotopic (exact) mass is 425 g/mol. The summed E-state index contributed by atoms with van der Waals surface area (Å²) < 4.78 is 5.79. The number of carbonyl (C=O) groups is 1. The molecule has 3 aromatic rings. The Kier molecular flexibility index (Phi) is 6.42. The van der Waals surface area contributed by atoms with E-state index >= 15 is 0 Å². The van der Waals surface area contributed by atoms with E-state index in [0.29, 0.717) is 29.9 Å². The summed E-state index contributed by atoms with van der Waals surface area (Å²) in [5.74, 6) is 1.09. The molecule has 0 saturated carbocycles. The molecule has 1 fully saturated rings. The number of aromatic nitrogens is 2. The molecule has 0 bridgehead atoms. The van der Waals surface area contributed by atoms with Gasteiger partial charge in [-0.15, -0.1) is 10.2 Å². The summed E-state index contributed by atoms with van der Waals surface area (Å²) >= 11 is 5.92. The molecule has 0 atom stereocenters. The van der Waals surface area contributed by atoms with Gasteiger partial charge in [0.1, 0.15) is 0 Å². The number of benzene rings is 2. The molecule has 1 N–H and O–H groups in total. The number of aryl methyl sites for hydroxylation is 1. The van der Waals surface area contributed by atoms with Gasteiger partial charge in [0.25, 0.3) is 0 Å². The number of piperazine rings is 1. The maximum absolute atomic E-state index is 12.3. The smallest absolute Gasteiger partial charge is 0.247 e. The summed E-state index contributed by atoms with van der Waals surface area (Å²) in [6.45, 7) is 6.34. The number of nitrogens with one attached hydrogen (secondary N) is 1. The zero-order valence-electron chi connectivity index (χ0n) is 16.8. The van der Waals surface area contributed by atoms with Crippen molar-refractivity contribution in [2.75, 3.05) is 38.0 Å². The number of hydrogen-bond acceptors (Lipinski definition) is 6. The quantitative estimate of drug-likeness (QED) is 0.652. The highest BCUT2D eigenvalue weighted by Crippen LogP contribution is 2.21. The van der Waals surface area contributed by atoms with Crippen molar-refractivity contribution in [2.45, 2.75) is 13.5 Å². The van der Waals surface area contributed by atoms with Crippen molar-refractivity contribution in [3.63, 3.8) is 0 Å². The average molecular weight is 426 g/mol. The van der Waals surface area contributed by atoms with E-state index in [-0.39, 0.29) is 5.91 Å². The average Bonchev–Trinajstić information content (AvgIpc) is 3.20. The third-order valence-corrected chi connectivity index (χ3v) is 5.34. The van der Waals surface area contributed by atoms with Crippen LogP contribution < -0.4 is 5.32 Å². The van der Waals surface area contributed by atoms with Crippen LogP contribution in [0.4, 0.5) is 5.69 Å². The Morgan fingerprint density at radius 3 is 2.37 bits per heavy atom. The van der Waals surface area contributed by atoms with E-state index < -0.39 is 0 Å². The van der Waals surface area contributed by atoms with Crippen LogP contribution in [0.5, 0.6) is 0 Å². The third-order valence-electron chi connectivity index (χ3n) is 5.08. The van der Waals surface area contributed by atoms with Gasteiger partial charge in [0, 0.05) is 42.5 Å². The van der Waals surface area contributed by atoms with Crippen LogP contribution in [0.3, 0.4) is 0 Å². The molecule has 1 aromatic heterocycles. The molecule has 0 radical (unpaired) electrons. The molecule has 30 heavy (non-hydrogen) atoms. The van der Waals surface area contributed by atoms with Crippen LogP contribution in [0.25, 0.3) is 11.5 Å². The molecule has 1 aliphatic heterocycles. The first-order valence-electron chi connectivity index (χ1n) is 9.95. The molecule has 0 aliphatic carbocycles. The topological polar surface area (TPSA) is 74.5 Å². The van der Waals surface area contributed by atoms with Crippen LogP contribution in [-0.2, 0) is 11.3 Å². The fraction of sp³-hybridized carbons (Fsp3) is 0.318. The highest BCUT2D eigenvalue weighted by molar-refractivity contribution is 6.30. The maximum atomic E-state index is 12.3. The lowest BCUT2D eigenvalue weighted by Gasteiger charge is -2.33. The van der Waals surface area contributed by atoms with Gasteiger partial charge in [-0.05, 0) is 43.3 Å². The first-order chi connectivity index (χ1) is 14.5. The van der Waals surface area contributed by atoms with Crippen LogP contribution >= 0.6 is 11.6 Å². The van der Waals surface area contributed by atoms with Gasteiger partial charge in [-0.25, -0.2) is 0 Å². The fourth-order valence-electron chi connectivity index (χ4n) is 3.36. The summed E-state index contributed by atoms with van der Waals surface area (Å²) in [4.78, 5) is 16.7. The Bertz CT molecular complexity index is 980. The summed E-state index contributed by atoms with van der Waals surface area (Å²) in [5.41, 5.74) is 2.85. The van der Waals surface area contributed by atoms with Gasteiger partial charge >= 0.3 is 0 Å². The summed E-state index contributed by atoms with van der Waals surface area (Å²) in [5, 5.41) is 11.9. The lowest BCUT2D eigenvalue weighted by atomic mass is 10.2. The van der Waals surface area contributed by atoms with Crippen LogP contribution in [-0.4, -0.2) is 58.6 Å². The molecule has 156 valence electrons. The van der Waals surface area contributed by atoms with Crippen molar-refractivity contribution in [3.05, 3.63) is 65.0 Å². The molecule has 1 aliphatic rings. The van der Waals surface area contributed by atoms with Crippen molar-refractivity contribution in [1.82, 2.24) is 20.0 Å². The minimum absolute atomic E-state index is 0.0109. The normalized spacial score (nSPS) is 15.3. The molecular weight excluding hydrogens is 402 g/mol. The standard InChI is InChI=1S/C22H24ClN5O2/c1-16-2-8-19(9-3-16)24-20(29)14-27-10-12-28(13-11-27)15-21-25-26-22(30-21)17-4-6-18(23)7-5-17/h2-9H,10-15H2,1H3,(H,24,29). The van der Waals surface area contributed by atoms with Gasteiger partial charge in [-0.2, -0.15) is 0 Å². The molecule has 2 heterocycles. The Morgan fingerprint density at radius 1 is 1.00 bits per heavy atom. The second-order valence-corrected chi connectivity index (χ2v) is 7.91. The first-order valence-corrected chi connectivity index (χ1v) is 10.3. The number of carbonyl (C=O) groups excluding carboxylic acids is 1. The van der Waals surface area contributed by atoms with E-state index in [1.54, 1.807) is 12.1 Å². The maximum Gasteiger partial charge on any atom is 0.247 e. The van der Waals surface area contributed by atoms with Crippen LogP contribution in [0, 0.1) is 6.92 Å². The number of anilines is 1. The Morgan fingerprint density at radius 2 is 1.67 bits per heavy atom. The van der Waals surface area contributed by atoms with Crippen molar-refractivity contribution in [2.24, 2.45) is 0 Å². The summed E-state index contributed by atoms with van der Waals surface area (Å²) in [6, 6.07) is 15.2. The minimum Gasteiger partial charge on any atom is -0.419 e. The zero-order valence-corrected chi connectivity index (χ0v) is 17.6. The molecule has 4 rings (SSSR count). The van der Waals surface area contributed by atoms with E-state index in [1.165, 1.54) is 5.56 Å².